The lowest BCUT2D eigenvalue weighted by Gasteiger charge is -2.35. The van der Waals surface area contributed by atoms with E-state index in [1.54, 1.807) is 6.92 Å². The van der Waals surface area contributed by atoms with Crippen LogP contribution in [0.4, 0.5) is 0 Å². The second-order valence-electron chi connectivity index (χ2n) is 5.13. The molecule has 1 atom stereocenters. The summed E-state index contributed by atoms with van der Waals surface area (Å²) in [6.45, 7) is 2.13. The van der Waals surface area contributed by atoms with E-state index in [0.29, 0.717) is 13.0 Å². The van der Waals surface area contributed by atoms with E-state index in [0.717, 1.165) is 25.7 Å². The number of hydrogen-bond acceptors (Lipinski definition) is 3. The highest BCUT2D eigenvalue weighted by molar-refractivity contribution is 5.86. The first-order valence-corrected chi connectivity index (χ1v) is 6.28. The lowest BCUT2D eigenvalue weighted by Crippen LogP contribution is -2.45. The fourth-order valence-electron chi connectivity index (χ4n) is 2.46. The molecule has 5 N–H and O–H groups in total. The molecule has 1 fully saturated rings. The number of primary amides is 1. The highest BCUT2D eigenvalue weighted by atomic mass is 16.2. The number of nitrogens with one attached hydrogen (secondary N) is 1. The predicted molar refractivity (Wildman–Crippen MR) is 66.0 cm³/mol. The maximum absolute atomic E-state index is 11.8. The number of hydrogen-bond donors (Lipinski definition) is 3. The second-order valence-corrected chi connectivity index (χ2v) is 5.13. The fraction of sp³-hybridized carbons (Fsp3) is 0.833. The highest BCUT2D eigenvalue weighted by Crippen LogP contribution is 2.38. The van der Waals surface area contributed by atoms with Crippen molar-refractivity contribution in [2.24, 2.45) is 16.9 Å². The van der Waals surface area contributed by atoms with E-state index in [1.165, 1.54) is 6.42 Å². The van der Waals surface area contributed by atoms with Gasteiger partial charge >= 0.3 is 0 Å². The van der Waals surface area contributed by atoms with Crippen LogP contribution in [0.5, 0.6) is 0 Å². The van der Waals surface area contributed by atoms with Gasteiger partial charge in [-0.3, -0.25) is 9.59 Å². The van der Waals surface area contributed by atoms with Crippen molar-refractivity contribution in [3.8, 4) is 0 Å². The molecule has 1 aliphatic carbocycles. The summed E-state index contributed by atoms with van der Waals surface area (Å²) in [6, 6.07) is -0.610. The molecule has 0 radical (unpaired) electrons. The maximum Gasteiger partial charge on any atom is 0.239 e. The van der Waals surface area contributed by atoms with Crippen LogP contribution in [0, 0.1) is 5.41 Å². The Bertz CT molecular complexity index is 285. The molecule has 0 saturated heterocycles. The van der Waals surface area contributed by atoms with Gasteiger partial charge in [0.05, 0.1) is 0 Å². The summed E-state index contributed by atoms with van der Waals surface area (Å²) in [5.41, 5.74) is 10.8. The zero-order chi connectivity index (χ0) is 12.9. The van der Waals surface area contributed by atoms with Gasteiger partial charge in [0, 0.05) is 6.42 Å². The first-order chi connectivity index (χ1) is 7.99. The van der Waals surface area contributed by atoms with Gasteiger partial charge in [0.15, 0.2) is 0 Å². The Labute approximate surface area is 102 Å². The van der Waals surface area contributed by atoms with Crippen molar-refractivity contribution in [2.75, 3.05) is 6.54 Å². The first kappa shape index (κ1) is 14.0. The van der Waals surface area contributed by atoms with Crippen LogP contribution in [-0.4, -0.2) is 24.4 Å². The molecule has 0 aliphatic heterocycles. The quantitative estimate of drug-likeness (QED) is 0.644. The van der Waals surface area contributed by atoms with Gasteiger partial charge in [0.25, 0.3) is 0 Å². The maximum atomic E-state index is 11.8. The Morgan fingerprint density at radius 3 is 2.35 bits per heavy atom. The van der Waals surface area contributed by atoms with Crippen molar-refractivity contribution < 1.29 is 9.59 Å². The Hall–Kier alpha value is -1.10. The van der Waals surface area contributed by atoms with Gasteiger partial charge in [-0.1, -0.05) is 19.3 Å². The van der Waals surface area contributed by atoms with Gasteiger partial charge in [0.1, 0.15) is 6.04 Å². The van der Waals surface area contributed by atoms with Gasteiger partial charge in [-0.05, 0) is 31.7 Å². The average molecular weight is 241 g/mol. The van der Waals surface area contributed by atoms with Crippen LogP contribution in [0.2, 0.25) is 0 Å². The molecule has 0 heterocycles. The molecule has 1 aliphatic rings. The van der Waals surface area contributed by atoms with Crippen LogP contribution >= 0.6 is 0 Å². The van der Waals surface area contributed by atoms with Crippen LogP contribution in [0.1, 0.15) is 45.4 Å². The van der Waals surface area contributed by atoms with E-state index in [-0.39, 0.29) is 11.3 Å². The van der Waals surface area contributed by atoms with Gasteiger partial charge in [0.2, 0.25) is 11.8 Å². The lowest BCUT2D eigenvalue weighted by atomic mass is 9.71. The lowest BCUT2D eigenvalue weighted by molar-refractivity contribution is -0.128. The van der Waals surface area contributed by atoms with E-state index in [1.807, 2.05) is 0 Å². The topological polar surface area (TPSA) is 98.2 Å². The minimum atomic E-state index is -0.610. The summed E-state index contributed by atoms with van der Waals surface area (Å²) in [7, 11) is 0. The van der Waals surface area contributed by atoms with Gasteiger partial charge < -0.3 is 16.8 Å². The van der Waals surface area contributed by atoms with Crippen LogP contribution in [0.15, 0.2) is 0 Å². The Balaban J connectivity index is 2.50. The Kier molecular flexibility index (Phi) is 4.93. The molecule has 98 valence electrons. The molecule has 5 heteroatoms. The molecule has 0 aromatic heterocycles. The zero-order valence-corrected chi connectivity index (χ0v) is 10.5. The second kappa shape index (κ2) is 6.00. The van der Waals surface area contributed by atoms with Crippen LogP contribution < -0.4 is 16.8 Å². The van der Waals surface area contributed by atoms with Crippen molar-refractivity contribution >= 4 is 11.8 Å². The van der Waals surface area contributed by atoms with Crippen molar-refractivity contribution in [2.45, 2.75) is 51.5 Å². The highest BCUT2D eigenvalue weighted by Gasteiger charge is 2.33. The number of rotatable bonds is 5. The average Bonchev–Trinajstić information content (AvgIpc) is 2.29. The molecule has 0 spiro atoms. The number of amides is 2. The molecule has 1 unspecified atom stereocenters. The molecule has 2 amide bonds. The van der Waals surface area contributed by atoms with E-state index >= 15 is 0 Å². The fourth-order valence-corrected chi connectivity index (χ4v) is 2.46. The molecule has 0 aromatic rings. The summed E-state index contributed by atoms with van der Waals surface area (Å²) in [5.74, 6) is -0.632. The zero-order valence-electron chi connectivity index (χ0n) is 10.5. The standard InChI is InChI=1S/C12H23N3O2/c1-9(11(14)17)15-10(16)7-12(8-13)5-3-2-4-6-12/h9H,2-8,13H2,1H3,(H2,14,17)(H,15,16). The minimum Gasteiger partial charge on any atom is -0.368 e. The Morgan fingerprint density at radius 1 is 1.29 bits per heavy atom. The van der Waals surface area contributed by atoms with Gasteiger partial charge in [-0.15, -0.1) is 0 Å². The summed E-state index contributed by atoms with van der Waals surface area (Å²) in [6.07, 6.45) is 5.90. The first-order valence-electron chi connectivity index (χ1n) is 6.28. The van der Waals surface area contributed by atoms with Crippen LogP contribution in [-0.2, 0) is 9.59 Å². The smallest absolute Gasteiger partial charge is 0.239 e. The van der Waals surface area contributed by atoms with E-state index in [2.05, 4.69) is 5.32 Å². The molecule has 0 aromatic carbocycles. The van der Waals surface area contributed by atoms with Gasteiger partial charge in [-0.2, -0.15) is 0 Å². The minimum absolute atomic E-state index is 0.0697. The molecule has 17 heavy (non-hydrogen) atoms. The summed E-state index contributed by atoms with van der Waals surface area (Å²) >= 11 is 0. The molecule has 1 rings (SSSR count). The molecular formula is C12H23N3O2. The van der Waals surface area contributed by atoms with Crippen molar-refractivity contribution in [3.05, 3.63) is 0 Å². The molecule has 5 nitrogen and oxygen atoms in total. The monoisotopic (exact) mass is 241 g/mol. The summed E-state index contributed by atoms with van der Waals surface area (Å²) < 4.78 is 0. The molecule has 0 bridgehead atoms. The van der Waals surface area contributed by atoms with E-state index in [4.69, 9.17) is 11.5 Å². The summed E-state index contributed by atoms with van der Waals surface area (Å²) in [4.78, 5) is 22.7. The SMILES string of the molecule is CC(NC(=O)CC1(CN)CCCCC1)C(N)=O. The normalized spacial score (nSPS) is 20.6. The van der Waals surface area contributed by atoms with Crippen molar-refractivity contribution in [3.63, 3.8) is 0 Å². The summed E-state index contributed by atoms with van der Waals surface area (Å²) in [5, 5.41) is 2.62. The Morgan fingerprint density at radius 2 is 1.88 bits per heavy atom. The molecular weight excluding hydrogens is 218 g/mol. The van der Waals surface area contributed by atoms with Gasteiger partial charge in [-0.25, -0.2) is 0 Å². The number of nitrogens with two attached hydrogens (primary N) is 2. The largest absolute Gasteiger partial charge is 0.368 e. The van der Waals surface area contributed by atoms with E-state index < -0.39 is 11.9 Å². The third-order valence-corrected chi connectivity index (χ3v) is 3.69. The van der Waals surface area contributed by atoms with Crippen molar-refractivity contribution in [1.29, 1.82) is 0 Å². The molecule has 1 saturated carbocycles. The third-order valence-electron chi connectivity index (χ3n) is 3.69. The third kappa shape index (κ3) is 4.00. The van der Waals surface area contributed by atoms with Crippen LogP contribution in [0.3, 0.4) is 0 Å². The number of carbonyl (C=O) groups excluding carboxylic acids is 2. The van der Waals surface area contributed by atoms with Crippen LogP contribution in [0.25, 0.3) is 0 Å². The van der Waals surface area contributed by atoms with Crippen molar-refractivity contribution in [1.82, 2.24) is 5.32 Å². The van der Waals surface area contributed by atoms with E-state index in [9.17, 15) is 9.59 Å². The number of carbonyl (C=O) groups is 2. The predicted octanol–water partition coefficient (Wildman–Crippen LogP) is 0.276.